The van der Waals surface area contributed by atoms with Gasteiger partial charge in [-0.15, -0.1) is 0 Å². The number of piperidine rings is 1. The summed E-state index contributed by atoms with van der Waals surface area (Å²) >= 11 is 0. The second-order valence-electron chi connectivity index (χ2n) is 10.2. The number of nitrogens with one attached hydrogen (secondary N) is 1. The van der Waals surface area contributed by atoms with Crippen LogP contribution in [0.2, 0.25) is 0 Å². The number of aromatic nitrogens is 4. The molecule has 0 radical (unpaired) electrons. The molecule has 1 atom stereocenters. The van der Waals surface area contributed by atoms with Crippen LogP contribution in [0.3, 0.4) is 0 Å². The number of pyridine rings is 2. The van der Waals surface area contributed by atoms with Crippen molar-refractivity contribution < 1.29 is 10.2 Å². The van der Waals surface area contributed by atoms with Crippen LogP contribution in [-0.4, -0.2) is 99.0 Å². The molecule has 0 bridgehead atoms. The maximum Gasteiger partial charge on any atom is 0.229 e. The van der Waals surface area contributed by atoms with E-state index < -0.39 is 0 Å². The zero-order valence-electron chi connectivity index (χ0n) is 21.7. The van der Waals surface area contributed by atoms with E-state index in [4.69, 9.17) is 15.1 Å². The molecule has 5 heterocycles. The Bertz CT molecular complexity index is 1160. The molecular formula is C27H38N8O2. The topological polar surface area (TPSA) is 114 Å². The average molecular weight is 507 g/mol. The molecule has 2 aliphatic rings. The van der Waals surface area contributed by atoms with Crippen molar-refractivity contribution in [3.05, 3.63) is 41.9 Å². The predicted molar refractivity (Wildman–Crippen MR) is 145 cm³/mol. The van der Waals surface area contributed by atoms with Gasteiger partial charge in [0.25, 0.3) is 0 Å². The molecule has 0 saturated carbocycles. The van der Waals surface area contributed by atoms with E-state index in [9.17, 15) is 5.11 Å². The number of β-amino-alcohol motifs (C(OH)–C–C–N with tert-alkyl or cyclic N) is 1. The van der Waals surface area contributed by atoms with Crippen LogP contribution in [0.1, 0.15) is 43.4 Å². The van der Waals surface area contributed by atoms with Crippen molar-refractivity contribution in [3.8, 4) is 0 Å². The van der Waals surface area contributed by atoms with Gasteiger partial charge in [-0.25, -0.2) is 19.9 Å². The van der Waals surface area contributed by atoms with Crippen LogP contribution >= 0.6 is 0 Å². The molecule has 10 nitrogen and oxygen atoms in total. The Morgan fingerprint density at radius 1 is 0.919 bits per heavy atom. The number of aliphatic hydroxyl groups excluding tert-OH is 2. The number of nitrogens with zero attached hydrogens (tertiary/aromatic N) is 7. The third-order valence-electron chi connectivity index (χ3n) is 7.35. The smallest absolute Gasteiger partial charge is 0.229 e. The summed E-state index contributed by atoms with van der Waals surface area (Å²) in [7, 11) is 0. The second kappa shape index (κ2) is 12.1. The number of rotatable bonds is 9. The maximum absolute atomic E-state index is 9.70. The van der Waals surface area contributed by atoms with Gasteiger partial charge in [0, 0.05) is 81.7 Å². The average Bonchev–Trinajstić information content (AvgIpc) is 2.95. The molecule has 2 fully saturated rings. The minimum absolute atomic E-state index is 0.0436. The highest BCUT2D eigenvalue weighted by molar-refractivity contribution is 5.89. The third-order valence-corrected chi connectivity index (χ3v) is 7.35. The van der Waals surface area contributed by atoms with Crippen molar-refractivity contribution in [1.82, 2.24) is 29.7 Å². The first-order chi connectivity index (χ1) is 18.1. The van der Waals surface area contributed by atoms with Crippen molar-refractivity contribution in [3.63, 3.8) is 0 Å². The molecule has 3 aromatic heterocycles. The Labute approximate surface area is 218 Å². The molecule has 10 heteroatoms. The summed E-state index contributed by atoms with van der Waals surface area (Å²) in [6, 6.07) is 6.06. The lowest BCUT2D eigenvalue weighted by molar-refractivity contribution is 0.108. The number of hydrogen-bond acceptors (Lipinski definition) is 10. The standard InChI is InChI=1S/C27H38N8O2/c1-20(19-37)23-15-22-17-29-27(32-25(22)26(30-23)35-7-3-2-4-8-35)31-24-6-5-21(16-28-24)18-34-11-9-33(10-12-34)13-14-36/h5-6,15-17,20,36-37H,2-4,7-14,18-19H2,1H3,(H,28,29,31,32)/t20-/m0/s1. The lowest BCUT2D eigenvalue weighted by Crippen LogP contribution is -2.46. The van der Waals surface area contributed by atoms with Crippen LogP contribution < -0.4 is 10.2 Å². The molecular weight excluding hydrogens is 468 g/mol. The van der Waals surface area contributed by atoms with E-state index in [1.54, 1.807) is 0 Å². The monoisotopic (exact) mass is 506 g/mol. The molecule has 0 amide bonds. The van der Waals surface area contributed by atoms with Gasteiger partial charge in [0.05, 0.1) is 13.2 Å². The van der Waals surface area contributed by atoms with Crippen LogP contribution in [0.25, 0.3) is 10.9 Å². The minimum Gasteiger partial charge on any atom is -0.396 e. The van der Waals surface area contributed by atoms with Crippen LogP contribution in [-0.2, 0) is 6.54 Å². The Morgan fingerprint density at radius 3 is 2.41 bits per heavy atom. The zero-order chi connectivity index (χ0) is 25.6. The molecule has 3 aromatic rings. The molecule has 0 aromatic carbocycles. The second-order valence-corrected chi connectivity index (χ2v) is 10.2. The Hall–Kier alpha value is -2.92. The van der Waals surface area contributed by atoms with Gasteiger partial charge >= 0.3 is 0 Å². The predicted octanol–water partition coefficient (Wildman–Crippen LogP) is 2.36. The Kier molecular flexibility index (Phi) is 8.40. The fraction of sp³-hybridized carbons (Fsp3) is 0.556. The van der Waals surface area contributed by atoms with E-state index in [1.807, 2.05) is 31.5 Å². The van der Waals surface area contributed by atoms with Gasteiger partial charge in [-0.2, -0.15) is 0 Å². The summed E-state index contributed by atoms with van der Waals surface area (Å²) < 4.78 is 0. The van der Waals surface area contributed by atoms with Gasteiger partial charge in [0.1, 0.15) is 11.3 Å². The fourth-order valence-electron chi connectivity index (χ4n) is 5.05. The van der Waals surface area contributed by atoms with Gasteiger partial charge in [-0.05, 0) is 37.0 Å². The van der Waals surface area contributed by atoms with E-state index >= 15 is 0 Å². The third kappa shape index (κ3) is 6.32. The molecule has 0 unspecified atom stereocenters. The molecule has 5 rings (SSSR count). The van der Waals surface area contributed by atoms with Crippen molar-refractivity contribution in [2.24, 2.45) is 0 Å². The summed E-state index contributed by atoms with van der Waals surface area (Å²) in [5, 5.41) is 23.0. The van der Waals surface area contributed by atoms with E-state index in [-0.39, 0.29) is 19.1 Å². The summed E-state index contributed by atoms with van der Waals surface area (Å²) in [5.41, 5.74) is 2.86. The number of aliphatic hydroxyl groups is 2. The first-order valence-electron chi connectivity index (χ1n) is 13.4. The lowest BCUT2D eigenvalue weighted by atomic mass is 10.1. The molecule has 2 aliphatic heterocycles. The van der Waals surface area contributed by atoms with E-state index in [2.05, 4.69) is 36.1 Å². The van der Waals surface area contributed by atoms with Gasteiger partial charge in [-0.1, -0.05) is 13.0 Å². The number of piperazine rings is 1. The van der Waals surface area contributed by atoms with Crippen LogP contribution in [0.15, 0.2) is 30.6 Å². The van der Waals surface area contributed by atoms with Gasteiger partial charge < -0.3 is 20.4 Å². The zero-order valence-corrected chi connectivity index (χ0v) is 21.7. The van der Waals surface area contributed by atoms with Crippen LogP contribution in [0.4, 0.5) is 17.6 Å². The summed E-state index contributed by atoms with van der Waals surface area (Å²) in [6.07, 6.45) is 7.27. The minimum atomic E-state index is -0.0436. The normalized spacial score (nSPS) is 18.3. The van der Waals surface area contributed by atoms with E-state index in [0.717, 1.165) is 87.6 Å². The van der Waals surface area contributed by atoms with Crippen LogP contribution in [0.5, 0.6) is 0 Å². The number of anilines is 3. The van der Waals surface area contributed by atoms with E-state index in [1.165, 1.54) is 12.0 Å². The van der Waals surface area contributed by atoms with Crippen LogP contribution in [0, 0.1) is 0 Å². The van der Waals surface area contributed by atoms with Gasteiger partial charge in [0.15, 0.2) is 5.82 Å². The first kappa shape index (κ1) is 25.7. The molecule has 37 heavy (non-hydrogen) atoms. The first-order valence-corrected chi connectivity index (χ1v) is 13.4. The Balaban J connectivity index is 1.30. The molecule has 0 spiro atoms. The molecule has 2 saturated heterocycles. The summed E-state index contributed by atoms with van der Waals surface area (Å²) in [5.74, 6) is 2.03. The van der Waals surface area contributed by atoms with Crippen molar-refractivity contribution in [2.75, 3.05) is 69.2 Å². The summed E-state index contributed by atoms with van der Waals surface area (Å²) in [4.78, 5) is 26.0. The van der Waals surface area contributed by atoms with Gasteiger partial charge in [0.2, 0.25) is 5.95 Å². The Morgan fingerprint density at radius 2 is 1.70 bits per heavy atom. The highest BCUT2D eigenvalue weighted by Gasteiger charge is 2.20. The number of hydrogen-bond donors (Lipinski definition) is 3. The quantitative estimate of drug-likeness (QED) is 0.400. The summed E-state index contributed by atoms with van der Waals surface area (Å²) in [6.45, 7) is 9.78. The highest BCUT2D eigenvalue weighted by Crippen LogP contribution is 2.30. The molecule has 0 aliphatic carbocycles. The largest absolute Gasteiger partial charge is 0.396 e. The van der Waals surface area contributed by atoms with Crippen molar-refractivity contribution >= 4 is 28.5 Å². The maximum atomic E-state index is 9.70. The van der Waals surface area contributed by atoms with Gasteiger partial charge in [-0.3, -0.25) is 9.80 Å². The lowest BCUT2D eigenvalue weighted by Gasteiger charge is -2.34. The van der Waals surface area contributed by atoms with Crippen molar-refractivity contribution in [1.29, 1.82) is 0 Å². The fourth-order valence-corrected chi connectivity index (χ4v) is 5.05. The van der Waals surface area contributed by atoms with Crippen molar-refractivity contribution in [2.45, 2.75) is 38.6 Å². The highest BCUT2D eigenvalue weighted by atomic mass is 16.3. The molecule has 198 valence electrons. The van der Waals surface area contributed by atoms with E-state index in [0.29, 0.717) is 11.8 Å². The number of fused-ring (bicyclic) bond motifs is 1. The molecule has 3 N–H and O–H groups in total. The SMILES string of the molecule is C[C@@H](CO)c1cc2cnc(Nc3ccc(CN4CCN(CCO)CC4)cn3)nc2c(N2CCCCC2)n1.